The number of hydrogen-bond acceptors (Lipinski definition) is 1. The lowest BCUT2D eigenvalue weighted by molar-refractivity contribution is 0.688. The first kappa shape index (κ1) is 35.4. The summed E-state index contributed by atoms with van der Waals surface area (Å²) in [5.41, 5.74) is 16.3. The largest absolute Gasteiger partial charge is 0.254 e. The molecule has 0 spiro atoms. The first-order valence-corrected chi connectivity index (χ1v) is 17.0. The van der Waals surface area contributed by atoms with Gasteiger partial charge >= 0.3 is 0 Å². The molecule has 0 radical (unpaired) electrons. The fourth-order valence-corrected chi connectivity index (χ4v) is 8.70. The van der Waals surface area contributed by atoms with Crippen LogP contribution in [-0.4, -0.2) is 13.4 Å². The van der Waals surface area contributed by atoms with E-state index in [1.165, 1.54) is 76.1 Å². The van der Waals surface area contributed by atoms with Crippen LogP contribution in [0.15, 0.2) is 118 Å². The normalized spacial score (nSPS) is 18.9. The third kappa shape index (κ3) is 7.97. The Morgan fingerprint density at radius 3 is 2.00 bits per heavy atom. The van der Waals surface area contributed by atoms with Gasteiger partial charge in [-0.05, 0) is 97.4 Å². The Morgan fingerprint density at radius 1 is 0.841 bits per heavy atom. The van der Waals surface area contributed by atoms with Gasteiger partial charge in [0.1, 0.15) is 0 Å². The van der Waals surface area contributed by atoms with Gasteiger partial charge in [0.15, 0.2) is 0 Å². The lowest BCUT2D eigenvalue weighted by atomic mass is 9.32. The summed E-state index contributed by atoms with van der Waals surface area (Å²) in [4.78, 5) is 0. The lowest BCUT2D eigenvalue weighted by Gasteiger charge is -2.33. The van der Waals surface area contributed by atoms with Crippen molar-refractivity contribution in [3.8, 4) is 0 Å². The molecule has 0 saturated carbocycles. The van der Waals surface area contributed by atoms with Crippen LogP contribution in [0.25, 0.3) is 0 Å². The van der Waals surface area contributed by atoms with Gasteiger partial charge in [-0.1, -0.05) is 154 Å². The van der Waals surface area contributed by atoms with E-state index in [4.69, 9.17) is 0 Å². The molecule has 0 aliphatic heterocycles. The number of thiophene rings is 1. The van der Waals surface area contributed by atoms with Crippen molar-refractivity contribution >= 4 is 39.8 Å². The predicted molar refractivity (Wildman–Crippen MR) is 205 cm³/mol. The van der Waals surface area contributed by atoms with Gasteiger partial charge in [-0.25, -0.2) is 0 Å². The van der Waals surface area contributed by atoms with E-state index in [9.17, 15) is 0 Å². The van der Waals surface area contributed by atoms with Crippen molar-refractivity contribution in [2.45, 2.75) is 95.8 Å². The van der Waals surface area contributed by atoms with E-state index >= 15 is 0 Å². The van der Waals surface area contributed by atoms with E-state index in [1.54, 1.807) is 0 Å². The fraction of sp³-hybridized carbons (Fsp3) is 0.366. The fourth-order valence-electron chi connectivity index (χ4n) is 7.34. The van der Waals surface area contributed by atoms with Gasteiger partial charge in [0.25, 0.3) is 6.71 Å². The molecule has 0 nitrogen and oxygen atoms in total. The third-order valence-electron chi connectivity index (χ3n) is 9.53. The van der Waals surface area contributed by atoms with E-state index in [2.05, 4.69) is 157 Å². The maximum atomic E-state index is 4.01. The van der Waals surface area contributed by atoms with Crippen molar-refractivity contribution < 1.29 is 0 Å². The second-order valence-electron chi connectivity index (χ2n) is 13.2. The summed E-state index contributed by atoms with van der Waals surface area (Å²) in [6, 6.07) is 9.57. The highest BCUT2D eigenvalue weighted by Gasteiger charge is 2.38. The molecule has 44 heavy (non-hydrogen) atoms. The molecule has 2 atom stereocenters. The Bertz CT molecular complexity index is 1590. The molecule has 0 N–H and O–H groups in total. The molecule has 2 unspecified atom stereocenters. The number of allylic oxidation sites excluding steroid dienone is 15. The van der Waals surface area contributed by atoms with Crippen LogP contribution in [0.2, 0.25) is 5.82 Å². The van der Waals surface area contributed by atoms with Gasteiger partial charge in [0.05, 0.1) is 0 Å². The maximum absolute atomic E-state index is 4.01. The molecule has 1 aliphatic rings. The number of hydrogen-bond donors (Lipinski definition) is 0. The zero-order valence-electron chi connectivity index (χ0n) is 29.8. The second-order valence-corrected chi connectivity index (χ2v) is 14.4. The molecule has 0 bridgehead atoms. The van der Waals surface area contributed by atoms with Crippen LogP contribution < -0.4 is 15.0 Å². The van der Waals surface area contributed by atoms with Crippen molar-refractivity contribution in [2.24, 2.45) is 5.92 Å². The lowest BCUT2D eigenvalue weighted by Crippen LogP contribution is -2.46. The molecular formula is C41H54B2S. The average Bonchev–Trinajstić information content (AvgIpc) is 3.42. The standard InChI is InChI=1S/C41H54B2S/c1-15-26(4)20-30(8)36(14)42(40-32(10)22-28(6)23-33(40)11)38-18-19-39(44-38)43(37(17-3)31(9)21-27(5)16-2)41-34(12)24-29(7)25-35(41)13/h15-25,32,40H,1H2,2-14H3/b26-20-,27-16-,31-21-,36-30+,37-17?. The summed E-state index contributed by atoms with van der Waals surface area (Å²) < 4.78 is 2.87. The number of rotatable bonds is 10. The zero-order chi connectivity index (χ0) is 32.9. The SMILES string of the molecule is C=C/C(C)=C\C(C)=C(/C)B(c1ccc(B(C(=CC)/C(C)=C\C(C)=C/C)c2c(C)cc(C)cc2C)s1)C1C(C)=CC(C)=CC1C. The van der Waals surface area contributed by atoms with Crippen LogP contribution in [0.3, 0.4) is 0 Å². The van der Waals surface area contributed by atoms with Gasteiger partial charge in [0.2, 0.25) is 6.71 Å². The van der Waals surface area contributed by atoms with Crippen LogP contribution in [0.1, 0.15) is 85.9 Å². The van der Waals surface area contributed by atoms with Crippen LogP contribution >= 0.6 is 11.3 Å². The minimum Gasteiger partial charge on any atom is -0.164 e. The molecule has 230 valence electrons. The highest BCUT2D eigenvalue weighted by Crippen LogP contribution is 2.39. The third-order valence-corrected chi connectivity index (χ3v) is 10.8. The molecule has 0 amide bonds. The average molecular weight is 601 g/mol. The molecular weight excluding hydrogens is 546 g/mol. The summed E-state index contributed by atoms with van der Waals surface area (Å²) >= 11 is 2.01. The molecule has 0 saturated heterocycles. The molecule has 2 aromatic rings. The predicted octanol–water partition coefficient (Wildman–Crippen LogP) is 10.3. The monoisotopic (exact) mass is 600 g/mol. The van der Waals surface area contributed by atoms with Crippen LogP contribution in [0, 0.1) is 26.7 Å². The Labute approximate surface area is 275 Å². The minimum atomic E-state index is 0.178. The number of aryl methyl sites for hydroxylation is 3. The van der Waals surface area contributed by atoms with E-state index in [-0.39, 0.29) is 6.71 Å². The van der Waals surface area contributed by atoms with E-state index in [0.29, 0.717) is 18.4 Å². The summed E-state index contributed by atoms with van der Waals surface area (Å²) in [5, 5.41) is 0. The highest BCUT2D eigenvalue weighted by molar-refractivity contribution is 7.34. The van der Waals surface area contributed by atoms with Crippen LogP contribution in [-0.2, 0) is 0 Å². The Kier molecular flexibility index (Phi) is 12.3. The maximum Gasteiger partial charge on any atom is 0.254 e. The minimum absolute atomic E-state index is 0.178. The van der Waals surface area contributed by atoms with Gasteiger partial charge in [-0.15, -0.1) is 0 Å². The van der Waals surface area contributed by atoms with E-state index in [1.807, 2.05) is 17.4 Å². The molecule has 3 rings (SSSR count). The molecule has 1 heterocycles. The van der Waals surface area contributed by atoms with Crippen molar-refractivity contribution in [3.63, 3.8) is 0 Å². The molecule has 1 aromatic carbocycles. The van der Waals surface area contributed by atoms with Crippen molar-refractivity contribution in [1.29, 1.82) is 0 Å². The second kappa shape index (κ2) is 15.3. The van der Waals surface area contributed by atoms with Crippen molar-refractivity contribution in [1.82, 2.24) is 0 Å². The Hall–Kier alpha value is -3.03. The molecule has 3 heteroatoms. The molecule has 1 aliphatic carbocycles. The van der Waals surface area contributed by atoms with Gasteiger partial charge in [-0.3, -0.25) is 0 Å². The van der Waals surface area contributed by atoms with E-state index in [0.717, 1.165) is 0 Å². The number of benzene rings is 1. The van der Waals surface area contributed by atoms with Crippen molar-refractivity contribution in [3.05, 3.63) is 134 Å². The Balaban J connectivity index is 2.33. The quantitative estimate of drug-likeness (QED) is 0.188. The van der Waals surface area contributed by atoms with Crippen LogP contribution in [0.5, 0.6) is 0 Å². The van der Waals surface area contributed by atoms with Crippen LogP contribution in [0.4, 0.5) is 0 Å². The summed E-state index contributed by atoms with van der Waals surface area (Å²) in [6.07, 6.45) is 16.0. The summed E-state index contributed by atoms with van der Waals surface area (Å²) in [7, 11) is 0. The van der Waals surface area contributed by atoms with Crippen molar-refractivity contribution in [2.75, 3.05) is 0 Å². The summed E-state index contributed by atoms with van der Waals surface area (Å²) in [5.74, 6) is 0.874. The first-order valence-electron chi connectivity index (χ1n) is 16.2. The topological polar surface area (TPSA) is 0 Å². The molecule has 1 aromatic heterocycles. The first-order chi connectivity index (χ1) is 20.7. The Morgan fingerprint density at radius 2 is 1.45 bits per heavy atom. The highest BCUT2D eigenvalue weighted by atomic mass is 32.1. The molecule has 0 fully saturated rings. The van der Waals surface area contributed by atoms with Gasteiger partial charge in [-0.2, -0.15) is 11.3 Å². The summed E-state index contributed by atoms with van der Waals surface area (Å²) in [6.45, 7) is 33.8. The van der Waals surface area contributed by atoms with E-state index < -0.39 is 0 Å². The zero-order valence-corrected chi connectivity index (χ0v) is 30.6. The van der Waals surface area contributed by atoms with Gasteiger partial charge in [0, 0.05) is 0 Å². The smallest absolute Gasteiger partial charge is 0.164 e. The van der Waals surface area contributed by atoms with Gasteiger partial charge < -0.3 is 0 Å².